The molecule has 2 aromatic heterocycles. The minimum absolute atomic E-state index is 0.0180. The van der Waals surface area contributed by atoms with Crippen LogP contribution in [0.4, 0.5) is 5.95 Å². The van der Waals surface area contributed by atoms with E-state index < -0.39 is 18.8 Å². The molecule has 0 saturated heterocycles. The Bertz CT molecular complexity index is 1380. The van der Waals surface area contributed by atoms with E-state index in [-0.39, 0.29) is 30.6 Å². The molecule has 9 nitrogen and oxygen atoms in total. The van der Waals surface area contributed by atoms with Gasteiger partial charge in [-0.05, 0) is 18.9 Å². The summed E-state index contributed by atoms with van der Waals surface area (Å²) >= 11 is 0. The number of aryl methyl sites for hydroxylation is 1. The van der Waals surface area contributed by atoms with Gasteiger partial charge < -0.3 is 24.3 Å². The molecule has 2 heterocycles. The van der Waals surface area contributed by atoms with Gasteiger partial charge in [-0.1, -0.05) is 133 Å². The standard InChI is InChI=1S/C36H60N5O4P/c1-3-4-5-6-7-8-9-10-11-12-13-14-15-16-17-18-24-44-26-27-46(43,28-32-21-19-31(2)20-22-32)30-45-25-23-41-29-38-33-34(41)39-36(37)40-35(33)42/h19-22,29H,3-18,23-28,30H2,1-2H3,(H3,37,39,40,42)/i28D. The van der Waals surface area contributed by atoms with Crippen LogP contribution in [-0.2, 0) is 26.7 Å². The number of fused-ring (bicyclic) bond motifs is 1. The van der Waals surface area contributed by atoms with Crippen LogP contribution < -0.4 is 11.3 Å². The van der Waals surface area contributed by atoms with E-state index in [2.05, 4.69) is 21.9 Å². The lowest BCUT2D eigenvalue weighted by Gasteiger charge is -2.19. The van der Waals surface area contributed by atoms with Crippen molar-refractivity contribution in [2.75, 3.05) is 38.1 Å². The molecule has 10 heteroatoms. The quantitative estimate of drug-likeness (QED) is 0.0619. The number of aromatic amines is 1. The number of nitrogens with one attached hydrogen (secondary N) is 1. The van der Waals surface area contributed by atoms with Crippen molar-refractivity contribution in [3.8, 4) is 0 Å². The molecule has 0 amide bonds. The molecule has 0 aliphatic rings. The van der Waals surface area contributed by atoms with Crippen LogP contribution in [0.2, 0.25) is 0 Å². The van der Waals surface area contributed by atoms with Gasteiger partial charge in [0.2, 0.25) is 5.95 Å². The molecule has 3 N–H and O–H groups in total. The predicted molar refractivity (Wildman–Crippen MR) is 191 cm³/mol. The first-order valence-corrected chi connectivity index (χ1v) is 19.9. The molecular formula is C36H60N5O4P. The Labute approximate surface area is 278 Å². The van der Waals surface area contributed by atoms with Crippen molar-refractivity contribution in [1.29, 1.82) is 0 Å². The molecule has 2 atom stereocenters. The van der Waals surface area contributed by atoms with Crippen molar-refractivity contribution < 1.29 is 15.4 Å². The van der Waals surface area contributed by atoms with Gasteiger partial charge in [-0.25, -0.2) is 4.98 Å². The maximum Gasteiger partial charge on any atom is 0.280 e. The summed E-state index contributed by atoms with van der Waals surface area (Å²) in [6.45, 7) is 5.85. The summed E-state index contributed by atoms with van der Waals surface area (Å²) in [5.74, 6) is 0.0180. The number of hydrogen-bond acceptors (Lipinski definition) is 7. The molecule has 0 radical (unpaired) electrons. The Morgan fingerprint density at radius 3 is 2.04 bits per heavy atom. The first-order chi connectivity index (χ1) is 22.8. The van der Waals surface area contributed by atoms with Gasteiger partial charge in [0.05, 0.1) is 19.5 Å². The van der Waals surface area contributed by atoms with Crippen LogP contribution in [0.1, 0.15) is 122 Å². The monoisotopic (exact) mass is 658 g/mol. The number of H-pyrrole nitrogens is 1. The second-order valence-corrected chi connectivity index (χ2v) is 15.6. The summed E-state index contributed by atoms with van der Waals surface area (Å²) in [7, 11) is -3.11. The van der Waals surface area contributed by atoms with Crippen molar-refractivity contribution in [1.82, 2.24) is 19.5 Å². The molecule has 0 aliphatic carbocycles. The minimum Gasteiger partial charge on any atom is -0.381 e. The second kappa shape index (κ2) is 22.2. The number of nitrogens with zero attached hydrogens (tertiary/aromatic N) is 3. The van der Waals surface area contributed by atoms with E-state index in [1.54, 1.807) is 4.57 Å². The molecule has 2 unspecified atom stereocenters. The summed E-state index contributed by atoms with van der Waals surface area (Å²) < 4.78 is 36.6. The van der Waals surface area contributed by atoms with E-state index in [1.807, 2.05) is 31.2 Å². The Morgan fingerprint density at radius 1 is 0.848 bits per heavy atom. The molecule has 0 spiro atoms. The fraction of sp³-hybridized carbons (Fsp3) is 0.694. The van der Waals surface area contributed by atoms with Crippen molar-refractivity contribution in [3.63, 3.8) is 0 Å². The molecule has 0 bridgehead atoms. The van der Waals surface area contributed by atoms with E-state index >= 15 is 0 Å². The van der Waals surface area contributed by atoms with Crippen molar-refractivity contribution in [2.24, 2.45) is 0 Å². The number of aromatic nitrogens is 4. The van der Waals surface area contributed by atoms with Gasteiger partial charge in [-0.2, -0.15) is 4.98 Å². The zero-order chi connectivity index (χ0) is 33.7. The Hall–Kier alpha value is -2.48. The smallest absolute Gasteiger partial charge is 0.280 e. The summed E-state index contributed by atoms with van der Waals surface area (Å²) in [5.41, 5.74) is 7.69. The van der Waals surface area contributed by atoms with E-state index in [9.17, 15) is 9.36 Å². The minimum atomic E-state index is -3.11. The van der Waals surface area contributed by atoms with Crippen molar-refractivity contribution in [2.45, 2.75) is 129 Å². The average molecular weight is 659 g/mol. The highest BCUT2D eigenvalue weighted by Gasteiger charge is 2.23. The highest BCUT2D eigenvalue weighted by Crippen LogP contribution is 2.48. The van der Waals surface area contributed by atoms with Crippen LogP contribution in [0.15, 0.2) is 35.4 Å². The third-order valence-electron chi connectivity index (χ3n) is 8.50. The maximum absolute atomic E-state index is 14.2. The highest BCUT2D eigenvalue weighted by molar-refractivity contribution is 7.63. The normalized spacial score (nSPS) is 14.0. The van der Waals surface area contributed by atoms with Gasteiger partial charge in [0, 0.05) is 26.8 Å². The van der Waals surface area contributed by atoms with E-state index in [4.69, 9.17) is 16.6 Å². The molecular weight excluding hydrogens is 597 g/mol. The van der Waals surface area contributed by atoms with Gasteiger partial charge >= 0.3 is 0 Å². The van der Waals surface area contributed by atoms with Gasteiger partial charge in [0.15, 0.2) is 11.2 Å². The maximum atomic E-state index is 14.2. The van der Waals surface area contributed by atoms with Gasteiger partial charge in [0.1, 0.15) is 13.5 Å². The van der Waals surface area contributed by atoms with E-state index in [1.165, 1.54) is 96.2 Å². The number of anilines is 1. The van der Waals surface area contributed by atoms with Crippen LogP contribution in [0.5, 0.6) is 0 Å². The number of nitrogens with two attached hydrogens (primary N) is 1. The topological polar surface area (TPSA) is 125 Å². The van der Waals surface area contributed by atoms with Crippen LogP contribution in [0.3, 0.4) is 0 Å². The molecule has 1 aromatic carbocycles. The lowest BCUT2D eigenvalue weighted by molar-refractivity contribution is 0.140. The molecule has 0 aliphatic heterocycles. The van der Waals surface area contributed by atoms with Gasteiger partial charge in [0.25, 0.3) is 5.56 Å². The van der Waals surface area contributed by atoms with Crippen LogP contribution in [-0.4, -0.2) is 51.8 Å². The van der Waals surface area contributed by atoms with Crippen LogP contribution in [0, 0.1) is 6.92 Å². The molecule has 3 rings (SSSR count). The first kappa shape index (κ1) is 36.4. The third kappa shape index (κ3) is 15.0. The number of unbranched alkanes of at least 4 members (excludes halogenated alkanes) is 15. The SMILES string of the molecule is [2H]C(c1ccc(C)cc1)P(=O)(CCOCCCCCCCCCCCCCCCCCC)COCCn1cnc2c(=O)[nH]c(N)nc21. The van der Waals surface area contributed by atoms with E-state index in [0.717, 1.165) is 24.0 Å². The average Bonchev–Trinajstić information content (AvgIpc) is 3.47. The Kier molecular flexibility index (Phi) is 17.5. The fourth-order valence-electron chi connectivity index (χ4n) is 5.68. The largest absolute Gasteiger partial charge is 0.381 e. The lowest BCUT2D eigenvalue weighted by Crippen LogP contribution is -2.14. The zero-order valence-corrected chi connectivity index (χ0v) is 29.4. The third-order valence-corrected chi connectivity index (χ3v) is 10.8. The number of imidazole rings is 1. The zero-order valence-electron chi connectivity index (χ0n) is 29.5. The number of benzene rings is 1. The van der Waals surface area contributed by atoms with Crippen molar-refractivity contribution in [3.05, 3.63) is 52.1 Å². The second-order valence-electron chi connectivity index (χ2n) is 12.7. The predicted octanol–water partition coefficient (Wildman–Crippen LogP) is 8.83. The molecule has 0 fully saturated rings. The first-order valence-electron chi connectivity index (χ1n) is 18.3. The van der Waals surface area contributed by atoms with Gasteiger partial charge in [-0.15, -0.1) is 0 Å². The molecule has 0 saturated carbocycles. The summed E-state index contributed by atoms with van der Waals surface area (Å²) in [4.78, 5) is 22.8. The number of nitrogen functional groups attached to an aromatic ring is 1. The molecule has 46 heavy (non-hydrogen) atoms. The fourth-order valence-corrected chi connectivity index (χ4v) is 7.60. The summed E-state index contributed by atoms with van der Waals surface area (Å²) in [6, 6.07) is 7.64. The molecule has 3 aromatic rings. The van der Waals surface area contributed by atoms with Gasteiger partial charge in [-0.3, -0.25) is 9.78 Å². The highest BCUT2D eigenvalue weighted by atomic mass is 31.2. The van der Waals surface area contributed by atoms with E-state index in [0.29, 0.717) is 25.4 Å². The lowest BCUT2D eigenvalue weighted by atomic mass is 10.0. The Morgan fingerprint density at radius 2 is 1.43 bits per heavy atom. The Balaban J connectivity index is 1.31. The number of ether oxygens (including phenoxy) is 2. The summed E-state index contributed by atoms with van der Waals surface area (Å²) in [5, 5.41) is 0. The van der Waals surface area contributed by atoms with Crippen LogP contribution in [0.25, 0.3) is 11.2 Å². The van der Waals surface area contributed by atoms with Crippen molar-refractivity contribution >= 4 is 24.3 Å². The summed E-state index contributed by atoms with van der Waals surface area (Å²) in [6.07, 6.45) is 22.2. The number of rotatable bonds is 27. The van der Waals surface area contributed by atoms with Crippen LogP contribution >= 0.6 is 7.14 Å². The molecule has 258 valence electrons. The number of hydrogen-bond donors (Lipinski definition) is 2.